The molecule has 24 heavy (non-hydrogen) atoms. The highest BCUT2D eigenvalue weighted by Gasteiger charge is 2.19. The first-order chi connectivity index (χ1) is 11.4. The lowest BCUT2D eigenvalue weighted by molar-refractivity contribution is -0.124. The Morgan fingerprint density at radius 1 is 1.29 bits per heavy atom. The van der Waals surface area contributed by atoms with Crippen molar-refractivity contribution < 1.29 is 19.1 Å². The fourth-order valence-electron chi connectivity index (χ4n) is 2.31. The number of methoxy groups -OCH3 is 1. The molecular formula is C17H21N3O4. The molecule has 1 aromatic heterocycles. The Bertz CT molecular complexity index is 752. The number of benzene rings is 1. The molecule has 0 spiro atoms. The Labute approximate surface area is 140 Å². The van der Waals surface area contributed by atoms with Gasteiger partial charge in [0.1, 0.15) is 11.3 Å². The first-order valence-corrected chi connectivity index (χ1v) is 7.49. The van der Waals surface area contributed by atoms with Crippen molar-refractivity contribution >= 4 is 11.9 Å². The van der Waals surface area contributed by atoms with Crippen LogP contribution in [-0.4, -0.2) is 35.4 Å². The average molecular weight is 331 g/mol. The van der Waals surface area contributed by atoms with Crippen LogP contribution in [0.15, 0.2) is 24.3 Å². The summed E-state index contributed by atoms with van der Waals surface area (Å²) in [5, 5.41) is 6.85. The highest BCUT2D eigenvalue weighted by Crippen LogP contribution is 2.13. The standard InChI is InChI=1S/C17H21N3O4/c1-11-16(12(2)20(3)19-11)17(22)24-10-15(21)18-9-13-6-5-7-14(8-13)23-4/h5-8H,9-10H2,1-4H3,(H,18,21). The lowest BCUT2D eigenvalue weighted by Gasteiger charge is -2.08. The number of esters is 1. The summed E-state index contributed by atoms with van der Waals surface area (Å²) in [4.78, 5) is 23.9. The normalized spacial score (nSPS) is 10.3. The van der Waals surface area contributed by atoms with Crippen LogP contribution < -0.4 is 10.1 Å². The van der Waals surface area contributed by atoms with Crippen molar-refractivity contribution in [3.63, 3.8) is 0 Å². The molecule has 0 bridgehead atoms. The van der Waals surface area contributed by atoms with Crippen LogP contribution >= 0.6 is 0 Å². The van der Waals surface area contributed by atoms with Crippen LogP contribution in [0.4, 0.5) is 0 Å². The molecule has 0 aliphatic carbocycles. The lowest BCUT2D eigenvalue weighted by Crippen LogP contribution is -2.28. The van der Waals surface area contributed by atoms with E-state index in [1.807, 2.05) is 24.3 Å². The van der Waals surface area contributed by atoms with Gasteiger partial charge in [-0.2, -0.15) is 5.10 Å². The van der Waals surface area contributed by atoms with Crippen LogP contribution in [0.2, 0.25) is 0 Å². The maximum Gasteiger partial charge on any atom is 0.342 e. The number of amides is 1. The van der Waals surface area contributed by atoms with Gasteiger partial charge in [0.05, 0.1) is 12.8 Å². The minimum absolute atomic E-state index is 0.332. The summed E-state index contributed by atoms with van der Waals surface area (Å²) in [7, 11) is 3.33. The molecule has 1 heterocycles. The Kier molecular flexibility index (Phi) is 5.57. The second-order valence-corrected chi connectivity index (χ2v) is 5.37. The highest BCUT2D eigenvalue weighted by atomic mass is 16.5. The number of nitrogens with one attached hydrogen (secondary N) is 1. The van der Waals surface area contributed by atoms with Gasteiger partial charge in [-0.1, -0.05) is 12.1 Å². The van der Waals surface area contributed by atoms with Crippen molar-refractivity contribution in [1.82, 2.24) is 15.1 Å². The molecule has 7 nitrogen and oxygen atoms in total. The van der Waals surface area contributed by atoms with Gasteiger partial charge in [0.15, 0.2) is 6.61 Å². The van der Waals surface area contributed by atoms with Gasteiger partial charge < -0.3 is 14.8 Å². The van der Waals surface area contributed by atoms with Crippen LogP contribution in [-0.2, 0) is 23.1 Å². The number of carbonyl (C=O) groups is 2. The van der Waals surface area contributed by atoms with Gasteiger partial charge in [-0.15, -0.1) is 0 Å². The number of ether oxygens (including phenoxy) is 2. The smallest absolute Gasteiger partial charge is 0.342 e. The molecule has 0 atom stereocenters. The summed E-state index contributed by atoms with van der Waals surface area (Å²) in [6, 6.07) is 7.37. The zero-order chi connectivity index (χ0) is 17.7. The molecule has 2 rings (SSSR count). The molecule has 0 saturated carbocycles. The summed E-state index contributed by atoms with van der Waals surface area (Å²) >= 11 is 0. The van der Waals surface area contributed by atoms with Crippen molar-refractivity contribution in [2.24, 2.45) is 7.05 Å². The number of hydrogen-bond donors (Lipinski definition) is 1. The monoisotopic (exact) mass is 331 g/mol. The van der Waals surface area contributed by atoms with E-state index in [1.54, 1.807) is 32.7 Å². The molecule has 0 saturated heterocycles. The van der Waals surface area contributed by atoms with E-state index in [-0.39, 0.29) is 12.5 Å². The zero-order valence-corrected chi connectivity index (χ0v) is 14.3. The SMILES string of the molecule is COc1cccc(CNC(=O)COC(=O)c2c(C)nn(C)c2C)c1. The predicted molar refractivity (Wildman–Crippen MR) is 87.8 cm³/mol. The molecule has 0 radical (unpaired) electrons. The van der Waals surface area contributed by atoms with Crippen LogP contribution in [0.5, 0.6) is 5.75 Å². The minimum atomic E-state index is -0.547. The van der Waals surface area contributed by atoms with Gasteiger partial charge >= 0.3 is 5.97 Å². The topological polar surface area (TPSA) is 82.4 Å². The fraction of sp³-hybridized carbons (Fsp3) is 0.353. The average Bonchev–Trinajstić information content (AvgIpc) is 2.83. The molecule has 1 amide bonds. The van der Waals surface area contributed by atoms with Gasteiger partial charge in [-0.05, 0) is 31.5 Å². The van der Waals surface area contributed by atoms with Crippen LogP contribution in [0.1, 0.15) is 27.3 Å². The molecule has 0 unspecified atom stereocenters. The second-order valence-electron chi connectivity index (χ2n) is 5.37. The Hall–Kier alpha value is -2.83. The molecular weight excluding hydrogens is 310 g/mol. The first kappa shape index (κ1) is 17.5. The summed E-state index contributed by atoms with van der Waals surface area (Å²) in [5.41, 5.74) is 2.58. The van der Waals surface area contributed by atoms with E-state index >= 15 is 0 Å². The van der Waals surface area contributed by atoms with E-state index in [9.17, 15) is 9.59 Å². The van der Waals surface area contributed by atoms with E-state index < -0.39 is 5.97 Å². The van der Waals surface area contributed by atoms with Crippen molar-refractivity contribution in [3.8, 4) is 5.75 Å². The zero-order valence-electron chi connectivity index (χ0n) is 14.3. The number of hydrogen-bond acceptors (Lipinski definition) is 5. The number of nitrogens with zero attached hydrogens (tertiary/aromatic N) is 2. The fourth-order valence-corrected chi connectivity index (χ4v) is 2.31. The third-order valence-corrected chi connectivity index (χ3v) is 3.67. The van der Waals surface area contributed by atoms with Gasteiger partial charge in [-0.25, -0.2) is 4.79 Å². The van der Waals surface area contributed by atoms with E-state index in [4.69, 9.17) is 9.47 Å². The van der Waals surface area contributed by atoms with Gasteiger partial charge in [0.25, 0.3) is 5.91 Å². The van der Waals surface area contributed by atoms with Crippen molar-refractivity contribution in [2.45, 2.75) is 20.4 Å². The van der Waals surface area contributed by atoms with Crippen molar-refractivity contribution in [2.75, 3.05) is 13.7 Å². The van der Waals surface area contributed by atoms with Gasteiger partial charge in [0, 0.05) is 19.3 Å². The first-order valence-electron chi connectivity index (χ1n) is 7.49. The van der Waals surface area contributed by atoms with Crippen LogP contribution in [0.25, 0.3) is 0 Å². The molecule has 7 heteroatoms. The van der Waals surface area contributed by atoms with Crippen molar-refractivity contribution in [3.05, 3.63) is 46.8 Å². The minimum Gasteiger partial charge on any atom is -0.497 e. The van der Waals surface area contributed by atoms with E-state index in [0.717, 1.165) is 11.3 Å². The van der Waals surface area contributed by atoms with E-state index in [2.05, 4.69) is 10.4 Å². The Balaban J connectivity index is 1.85. The molecule has 1 N–H and O–H groups in total. The number of carbonyl (C=O) groups excluding carboxylic acids is 2. The molecule has 1 aromatic carbocycles. The van der Waals surface area contributed by atoms with Crippen molar-refractivity contribution in [1.29, 1.82) is 0 Å². The third-order valence-electron chi connectivity index (χ3n) is 3.67. The van der Waals surface area contributed by atoms with Crippen LogP contribution in [0.3, 0.4) is 0 Å². The predicted octanol–water partition coefficient (Wildman–Crippen LogP) is 1.52. The largest absolute Gasteiger partial charge is 0.497 e. The quantitative estimate of drug-likeness (QED) is 0.812. The van der Waals surface area contributed by atoms with Crippen LogP contribution in [0, 0.1) is 13.8 Å². The summed E-state index contributed by atoms with van der Waals surface area (Å²) in [6.45, 7) is 3.50. The summed E-state index contributed by atoms with van der Waals surface area (Å²) < 4.78 is 11.8. The number of rotatable bonds is 6. The maximum atomic E-state index is 12.1. The van der Waals surface area contributed by atoms with E-state index in [1.165, 1.54) is 0 Å². The highest BCUT2D eigenvalue weighted by molar-refractivity contribution is 5.93. The maximum absolute atomic E-state index is 12.1. The Morgan fingerprint density at radius 2 is 2.04 bits per heavy atom. The van der Waals surface area contributed by atoms with E-state index in [0.29, 0.717) is 23.5 Å². The third kappa shape index (κ3) is 4.13. The van der Waals surface area contributed by atoms with Gasteiger partial charge in [0.2, 0.25) is 0 Å². The molecule has 0 fully saturated rings. The summed E-state index contributed by atoms with van der Waals surface area (Å²) in [6.07, 6.45) is 0. The number of aromatic nitrogens is 2. The lowest BCUT2D eigenvalue weighted by atomic mass is 10.2. The molecule has 0 aliphatic heterocycles. The van der Waals surface area contributed by atoms with Gasteiger partial charge in [-0.3, -0.25) is 9.48 Å². The second kappa shape index (κ2) is 7.63. The summed E-state index contributed by atoms with van der Waals surface area (Å²) in [5.74, 6) is -0.198. The molecule has 0 aliphatic rings. The molecule has 128 valence electrons. The Morgan fingerprint density at radius 3 is 2.67 bits per heavy atom. The molecule has 2 aromatic rings. The number of aryl methyl sites for hydroxylation is 2.